The maximum atomic E-state index is 12.7. The zero-order chi connectivity index (χ0) is 19.6. The molecular formula is C22H31N3O3. The van der Waals surface area contributed by atoms with Gasteiger partial charge in [0.25, 0.3) is 0 Å². The molecule has 6 heteroatoms. The molecule has 2 fully saturated rings. The van der Waals surface area contributed by atoms with Crippen molar-refractivity contribution in [2.45, 2.75) is 69.2 Å². The quantitative estimate of drug-likeness (QED) is 0.744. The number of nitrogens with one attached hydrogen (secondary N) is 2. The largest absolute Gasteiger partial charge is 0.381 e. The highest BCUT2D eigenvalue weighted by Crippen LogP contribution is 2.45. The zero-order valence-electron chi connectivity index (χ0n) is 16.5. The van der Waals surface area contributed by atoms with Gasteiger partial charge < -0.3 is 21.1 Å². The summed E-state index contributed by atoms with van der Waals surface area (Å²) in [5, 5.41) is 5.97. The number of hydrogen-bond acceptors (Lipinski definition) is 4. The molecule has 1 spiro atoms. The Labute approximate surface area is 166 Å². The van der Waals surface area contributed by atoms with Crippen LogP contribution in [-0.4, -0.2) is 31.1 Å². The molecule has 2 aliphatic heterocycles. The van der Waals surface area contributed by atoms with Crippen molar-refractivity contribution >= 4 is 23.2 Å². The summed E-state index contributed by atoms with van der Waals surface area (Å²) < 4.78 is 5.45. The van der Waals surface area contributed by atoms with Gasteiger partial charge in [-0.25, -0.2) is 0 Å². The second-order valence-corrected chi connectivity index (χ2v) is 8.53. The number of rotatable bonds is 3. The van der Waals surface area contributed by atoms with Gasteiger partial charge in [-0.3, -0.25) is 9.59 Å². The van der Waals surface area contributed by atoms with Gasteiger partial charge in [-0.2, -0.15) is 0 Å². The van der Waals surface area contributed by atoms with Crippen molar-refractivity contribution in [2.75, 3.05) is 23.8 Å². The van der Waals surface area contributed by atoms with Crippen molar-refractivity contribution < 1.29 is 14.3 Å². The van der Waals surface area contributed by atoms with Crippen molar-refractivity contribution in [1.82, 2.24) is 0 Å². The summed E-state index contributed by atoms with van der Waals surface area (Å²) in [4.78, 5) is 25.4. The summed E-state index contributed by atoms with van der Waals surface area (Å²) in [5.74, 6) is 0.163. The predicted octanol–water partition coefficient (Wildman–Crippen LogP) is 3.31. The first-order valence-electron chi connectivity index (χ1n) is 10.7. The maximum Gasteiger partial charge on any atom is 0.241 e. The molecule has 0 aromatic heterocycles. The molecule has 6 nitrogen and oxygen atoms in total. The minimum atomic E-state index is -0.484. The van der Waals surface area contributed by atoms with E-state index in [1.54, 1.807) is 0 Å². The normalized spacial score (nSPS) is 23.4. The van der Waals surface area contributed by atoms with E-state index in [0.29, 0.717) is 31.7 Å². The molecule has 4 rings (SSSR count). The van der Waals surface area contributed by atoms with Gasteiger partial charge in [0.2, 0.25) is 11.8 Å². The predicted molar refractivity (Wildman–Crippen MR) is 109 cm³/mol. The van der Waals surface area contributed by atoms with Crippen molar-refractivity contribution in [3.63, 3.8) is 0 Å². The third-order valence-electron chi connectivity index (χ3n) is 6.79. The summed E-state index contributed by atoms with van der Waals surface area (Å²) in [5.41, 5.74) is 8.33. The topological polar surface area (TPSA) is 93.5 Å². The van der Waals surface area contributed by atoms with Crippen LogP contribution in [0.15, 0.2) is 18.2 Å². The van der Waals surface area contributed by atoms with Crippen LogP contribution in [0.2, 0.25) is 0 Å². The molecule has 4 N–H and O–H groups in total. The third kappa shape index (κ3) is 3.67. The number of benzene rings is 1. The molecule has 0 radical (unpaired) electrons. The summed E-state index contributed by atoms with van der Waals surface area (Å²) in [7, 11) is 0. The number of carbonyl (C=O) groups is 2. The molecule has 0 bridgehead atoms. The molecule has 28 heavy (non-hydrogen) atoms. The molecule has 1 saturated heterocycles. The lowest BCUT2D eigenvalue weighted by molar-refractivity contribution is -0.124. The second-order valence-electron chi connectivity index (χ2n) is 8.53. The summed E-state index contributed by atoms with van der Waals surface area (Å²) in [6.07, 6.45) is 9.53. The fourth-order valence-corrected chi connectivity index (χ4v) is 5.01. The first-order valence-corrected chi connectivity index (χ1v) is 10.7. The second kappa shape index (κ2) is 8.21. The maximum absolute atomic E-state index is 12.7. The molecule has 2 heterocycles. The highest BCUT2D eigenvalue weighted by molar-refractivity contribution is 6.07. The molecule has 3 aliphatic rings. The van der Waals surface area contributed by atoms with Gasteiger partial charge in [-0.05, 0) is 49.3 Å². The molecule has 1 aromatic rings. The third-order valence-corrected chi connectivity index (χ3v) is 6.79. The fraction of sp³-hybridized carbons (Fsp3) is 0.636. The van der Waals surface area contributed by atoms with E-state index in [-0.39, 0.29) is 17.7 Å². The van der Waals surface area contributed by atoms with E-state index in [2.05, 4.69) is 10.6 Å². The number of ether oxygens (including phenoxy) is 1. The summed E-state index contributed by atoms with van der Waals surface area (Å²) in [6, 6.07) is 5.23. The standard InChI is InChI=1S/C22H31N3O3/c23-19(15-6-4-2-1-3-5-7-15)20(26)24-16-8-9-17-18(14-16)25-21(27)22(17)10-12-28-13-11-22/h8-9,14-15,19H,1-7,10-13,23H2,(H,24,26)(H,25,27). The van der Waals surface area contributed by atoms with E-state index in [0.717, 1.165) is 36.9 Å². The van der Waals surface area contributed by atoms with E-state index in [1.165, 1.54) is 19.3 Å². The molecule has 1 aromatic carbocycles. The SMILES string of the molecule is NC(C(=O)Nc1ccc2c(c1)NC(=O)C21CCOCC1)C1CCCCCCC1. The Bertz CT molecular complexity index is 735. The van der Waals surface area contributed by atoms with Crippen molar-refractivity contribution in [1.29, 1.82) is 0 Å². The van der Waals surface area contributed by atoms with Crippen molar-refractivity contribution in [3.05, 3.63) is 23.8 Å². The lowest BCUT2D eigenvalue weighted by atomic mass is 9.75. The van der Waals surface area contributed by atoms with E-state index in [1.807, 2.05) is 18.2 Å². The summed E-state index contributed by atoms with van der Waals surface area (Å²) >= 11 is 0. The van der Waals surface area contributed by atoms with Gasteiger partial charge in [0.05, 0.1) is 11.5 Å². The van der Waals surface area contributed by atoms with Crippen LogP contribution >= 0.6 is 0 Å². The molecule has 2 amide bonds. The number of amides is 2. The van der Waals surface area contributed by atoms with Crippen molar-refractivity contribution in [2.24, 2.45) is 11.7 Å². The number of hydrogen-bond donors (Lipinski definition) is 3. The highest BCUT2D eigenvalue weighted by atomic mass is 16.5. The Hall–Kier alpha value is -1.92. The molecule has 1 atom stereocenters. The van der Waals surface area contributed by atoms with Crippen LogP contribution in [-0.2, 0) is 19.7 Å². The Morgan fingerprint density at radius 2 is 1.82 bits per heavy atom. The van der Waals surface area contributed by atoms with E-state index in [9.17, 15) is 9.59 Å². The highest BCUT2D eigenvalue weighted by Gasteiger charge is 2.47. The minimum absolute atomic E-state index is 0.0421. The average Bonchev–Trinajstić information content (AvgIpc) is 2.92. The van der Waals surface area contributed by atoms with Crippen molar-refractivity contribution in [3.8, 4) is 0 Å². The lowest BCUT2D eigenvalue weighted by Crippen LogP contribution is -2.42. The van der Waals surface area contributed by atoms with Gasteiger partial charge >= 0.3 is 0 Å². The van der Waals surface area contributed by atoms with E-state index < -0.39 is 11.5 Å². The van der Waals surface area contributed by atoms with Crippen LogP contribution in [0.3, 0.4) is 0 Å². The smallest absolute Gasteiger partial charge is 0.241 e. The Balaban J connectivity index is 1.45. The fourth-order valence-electron chi connectivity index (χ4n) is 5.01. The minimum Gasteiger partial charge on any atom is -0.381 e. The first-order chi connectivity index (χ1) is 13.6. The molecule has 152 valence electrons. The van der Waals surface area contributed by atoms with Gasteiger partial charge in [0.1, 0.15) is 0 Å². The number of carbonyl (C=O) groups excluding carboxylic acids is 2. The molecular weight excluding hydrogens is 354 g/mol. The number of fused-ring (bicyclic) bond motifs is 2. The summed E-state index contributed by atoms with van der Waals surface area (Å²) in [6.45, 7) is 1.20. The van der Waals surface area contributed by atoms with E-state index in [4.69, 9.17) is 10.5 Å². The van der Waals surface area contributed by atoms with Crippen LogP contribution in [0.25, 0.3) is 0 Å². The van der Waals surface area contributed by atoms with Gasteiger partial charge in [0.15, 0.2) is 0 Å². The monoisotopic (exact) mass is 385 g/mol. The lowest BCUT2D eigenvalue weighted by Gasteiger charge is -2.31. The van der Waals surface area contributed by atoms with Gasteiger partial charge in [-0.15, -0.1) is 0 Å². The number of nitrogens with two attached hydrogens (primary N) is 1. The van der Waals surface area contributed by atoms with Gasteiger partial charge in [0, 0.05) is 24.6 Å². The van der Waals surface area contributed by atoms with Crippen LogP contribution in [0, 0.1) is 5.92 Å². The van der Waals surface area contributed by atoms with Crippen LogP contribution in [0.5, 0.6) is 0 Å². The molecule has 1 saturated carbocycles. The number of anilines is 2. The van der Waals surface area contributed by atoms with Crippen LogP contribution in [0.1, 0.15) is 63.4 Å². The first kappa shape index (κ1) is 19.4. The van der Waals surface area contributed by atoms with Crippen LogP contribution in [0.4, 0.5) is 11.4 Å². The molecule has 1 unspecified atom stereocenters. The zero-order valence-corrected chi connectivity index (χ0v) is 16.5. The Morgan fingerprint density at radius 1 is 1.14 bits per heavy atom. The Morgan fingerprint density at radius 3 is 2.54 bits per heavy atom. The molecule has 1 aliphatic carbocycles. The van der Waals surface area contributed by atoms with Gasteiger partial charge in [-0.1, -0.05) is 38.2 Å². The average molecular weight is 386 g/mol. The Kier molecular flexibility index (Phi) is 5.69. The van der Waals surface area contributed by atoms with E-state index >= 15 is 0 Å². The van der Waals surface area contributed by atoms with Crippen LogP contribution < -0.4 is 16.4 Å².